The Bertz CT molecular complexity index is 306. The van der Waals surface area contributed by atoms with Crippen LogP contribution in [0.5, 0.6) is 5.75 Å². The number of methoxy groups -OCH3 is 1. The van der Waals surface area contributed by atoms with Gasteiger partial charge in [-0.25, -0.2) is 4.39 Å². The first kappa shape index (κ1) is 11.0. The Labute approximate surface area is 94.1 Å². The van der Waals surface area contributed by atoms with Crippen LogP contribution in [0.1, 0.15) is 0 Å². The van der Waals surface area contributed by atoms with Crippen molar-refractivity contribution in [3.05, 3.63) is 26.5 Å². The second kappa shape index (κ2) is 4.97. The van der Waals surface area contributed by atoms with Gasteiger partial charge in [-0.1, -0.05) is 11.6 Å². The van der Waals surface area contributed by atoms with Crippen LogP contribution < -0.4 is 4.74 Å². The maximum absolute atomic E-state index is 12.9. The van der Waals surface area contributed by atoms with E-state index < -0.39 is 5.82 Å². The Morgan fingerprint density at radius 1 is 1.54 bits per heavy atom. The van der Waals surface area contributed by atoms with Crippen molar-refractivity contribution in [1.82, 2.24) is 0 Å². The van der Waals surface area contributed by atoms with Gasteiger partial charge in [0.1, 0.15) is 10.8 Å². The standard InChI is InChI=1S/C8H7ClFIO2/c1-12-4-13-8-6(11)3-2-5(10)7(8)9/h2-3H,4H2,1H3. The molecule has 5 heteroatoms. The molecule has 0 aromatic heterocycles. The smallest absolute Gasteiger partial charge is 0.188 e. The Morgan fingerprint density at radius 2 is 2.23 bits per heavy atom. The van der Waals surface area contributed by atoms with Crippen LogP contribution in [0.2, 0.25) is 5.02 Å². The lowest BCUT2D eigenvalue weighted by Crippen LogP contribution is -2.01. The Morgan fingerprint density at radius 3 is 2.85 bits per heavy atom. The molecule has 2 nitrogen and oxygen atoms in total. The van der Waals surface area contributed by atoms with E-state index in [1.807, 2.05) is 22.6 Å². The van der Waals surface area contributed by atoms with Gasteiger partial charge in [-0.2, -0.15) is 0 Å². The van der Waals surface area contributed by atoms with Crippen molar-refractivity contribution in [3.8, 4) is 5.75 Å². The first-order chi connectivity index (χ1) is 6.16. The molecule has 1 rings (SSSR count). The summed E-state index contributed by atoms with van der Waals surface area (Å²) in [6.07, 6.45) is 0. The van der Waals surface area contributed by atoms with Crippen molar-refractivity contribution >= 4 is 34.2 Å². The molecule has 0 heterocycles. The molecule has 13 heavy (non-hydrogen) atoms. The van der Waals surface area contributed by atoms with E-state index in [1.54, 1.807) is 6.07 Å². The quantitative estimate of drug-likeness (QED) is 0.485. The second-order valence-corrected chi connectivity index (χ2v) is 3.76. The van der Waals surface area contributed by atoms with E-state index in [1.165, 1.54) is 13.2 Å². The lowest BCUT2D eigenvalue weighted by Gasteiger charge is -2.08. The van der Waals surface area contributed by atoms with Crippen LogP contribution in [0.25, 0.3) is 0 Å². The molecule has 0 bridgehead atoms. The highest BCUT2D eigenvalue weighted by Gasteiger charge is 2.11. The predicted octanol–water partition coefficient (Wildman–Crippen LogP) is 3.07. The molecule has 0 fully saturated rings. The lowest BCUT2D eigenvalue weighted by molar-refractivity contribution is 0.0503. The third kappa shape index (κ3) is 2.69. The number of hydrogen-bond acceptors (Lipinski definition) is 2. The largest absolute Gasteiger partial charge is 0.465 e. The highest BCUT2D eigenvalue weighted by Crippen LogP contribution is 2.32. The van der Waals surface area contributed by atoms with Crippen LogP contribution in [0.4, 0.5) is 4.39 Å². The van der Waals surface area contributed by atoms with E-state index in [-0.39, 0.29) is 11.8 Å². The number of benzene rings is 1. The summed E-state index contributed by atoms with van der Waals surface area (Å²) in [5, 5.41) is -0.0102. The van der Waals surface area contributed by atoms with Crippen LogP contribution in [0.3, 0.4) is 0 Å². The highest BCUT2D eigenvalue weighted by molar-refractivity contribution is 14.1. The van der Waals surface area contributed by atoms with Crippen molar-refractivity contribution in [2.45, 2.75) is 0 Å². The molecule has 0 amide bonds. The Hall–Kier alpha value is -0.0700. The van der Waals surface area contributed by atoms with Gasteiger partial charge < -0.3 is 9.47 Å². The summed E-state index contributed by atoms with van der Waals surface area (Å²) >= 11 is 7.68. The van der Waals surface area contributed by atoms with Crippen LogP contribution in [0, 0.1) is 9.39 Å². The van der Waals surface area contributed by atoms with Crippen molar-refractivity contribution in [1.29, 1.82) is 0 Å². The van der Waals surface area contributed by atoms with Gasteiger partial charge in [0.15, 0.2) is 12.5 Å². The van der Waals surface area contributed by atoms with Crippen molar-refractivity contribution in [2.24, 2.45) is 0 Å². The molecule has 0 N–H and O–H groups in total. The number of hydrogen-bond donors (Lipinski definition) is 0. The molecule has 0 unspecified atom stereocenters. The van der Waals surface area contributed by atoms with Gasteiger partial charge in [0.2, 0.25) is 0 Å². The highest BCUT2D eigenvalue weighted by atomic mass is 127. The molecule has 1 aromatic carbocycles. The molecule has 0 radical (unpaired) electrons. The summed E-state index contributed by atoms with van der Waals surface area (Å²) in [5.74, 6) is -0.169. The summed E-state index contributed by atoms with van der Waals surface area (Å²) in [7, 11) is 1.49. The van der Waals surface area contributed by atoms with Crippen LogP contribution in [-0.4, -0.2) is 13.9 Å². The minimum absolute atomic E-state index is 0.0102. The second-order valence-electron chi connectivity index (χ2n) is 2.22. The van der Waals surface area contributed by atoms with E-state index in [4.69, 9.17) is 16.3 Å². The molecule has 0 aliphatic carbocycles. The first-order valence-electron chi connectivity index (χ1n) is 3.42. The zero-order valence-corrected chi connectivity index (χ0v) is 9.73. The topological polar surface area (TPSA) is 18.5 Å². The fraction of sp³-hybridized carbons (Fsp3) is 0.250. The van der Waals surface area contributed by atoms with Gasteiger partial charge in [-0.3, -0.25) is 0 Å². The summed E-state index contributed by atoms with van der Waals surface area (Å²) in [6.45, 7) is 0.0547. The minimum atomic E-state index is -0.492. The summed E-state index contributed by atoms with van der Waals surface area (Å²) in [5.41, 5.74) is 0. The van der Waals surface area contributed by atoms with Crippen molar-refractivity contribution < 1.29 is 13.9 Å². The molecule has 0 saturated carbocycles. The van der Waals surface area contributed by atoms with Gasteiger partial charge >= 0.3 is 0 Å². The van der Waals surface area contributed by atoms with Crippen molar-refractivity contribution in [2.75, 3.05) is 13.9 Å². The predicted molar refractivity (Wildman–Crippen MR) is 56.6 cm³/mol. The summed E-state index contributed by atoms with van der Waals surface area (Å²) < 4.78 is 23.5. The van der Waals surface area contributed by atoms with E-state index in [2.05, 4.69) is 4.74 Å². The van der Waals surface area contributed by atoms with Gasteiger partial charge in [-0.05, 0) is 34.7 Å². The number of ether oxygens (including phenoxy) is 2. The molecular weight excluding hydrogens is 309 g/mol. The minimum Gasteiger partial charge on any atom is -0.465 e. The average molecular weight is 316 g/mol. The molecule has 0 atom stereocenters. The van der Waals surface area contributed by atoms with Gasteiger partial charge in [-0.15, -0.1) is 0 Å². The molecule has 0 spiro atoms. The lowest BCUT2D eigenvalue weighted by atomic mass is 10.3. The van der Waals surface area contributed by atoms with E-state index in [0.29, 0.717) is 5.75 Å². The van der Waals surface area contributed by atoms with Gasteiger partial charge in [0.05, 0.1) is 3.57 Å². The summed E-state index contributed by atoms with van der Waals surface area (Å²) in [6, 6.07) is 2.89. The molecule has 0 saturated heterocycles. The Kier molecular flexibility index (Phi) is 4.21. The van der Waals surface area contributed by atoms with E-state index in [9.17, 15) is 4.39 Å². The maximum atomic E-state index is 12.9. The zero-order chi connectivity index (χ0) is 9.84. The fourth-order valence-electron chi connectivity index (χ4n) is 0.759. The number of halogens is 3. The summed E-state index contributed by atoms with van der Waals surface area (Å²) in [4.78, 5) is 0. The van der Waals surface area contributed by atoms with E-state index in [0.717, 1.165) is 3.57 Å². The normalized spacial score (nSPS) is 10.2. The van der Waals surface area contributed by atoms with Gasteiger partial charge in [0, 0.05) is 7.11 Å². The first-order valence-corrected chi connectivity index (χ1v) is 4.87. The van der Waals surface area contributed by atoms with Crippen LogP contribution in [0.15, 0.2) is 12.1 Å². The monoisotopic (exact) mass is 316 g/mol. The van der Waals surface area contributed by atoms with Crippen LogP contribution in [-0.2, 0) is 4.74 Å². The Balaban J connectivity index is 2.96. The third-order valence-electron chi connectivity index (χ3n) is 1.32. The van der Waals surface area contributed by atoms with Crippen molar-refractivity contribution in [3.63, 3.8) is 0 Å². The molecular formula is C8H7ClFIO2. The molecule has 0 aliphatic rings. The molecule has 1 aromatic rings. The maximum Gasteiger partial charge on any atom is 0.188 e. The number of rotatable bonds is 3. The average Bonchev–Trinajstić information content (AvgIpc) is 2.12. The SMILES string of the molecule is COCOc1c(I)ccc(F)c1Cl. The van der Waals surface area contributed by atoms with E-state index >= 15 is 0 Å². The zero-order valence-electron chi connectivity index (χ0n) is 6.81. The van der Waals surface area contributed by atoms with Crippen LogP contribution >= 0.6 is 34.2 Å². The molecule has 72 valence electrons. The fourth-order valence-corrected chi connectivity index (χ4v) is 1.74. The molecule has 0 aliphatic heterocycles. The third-order valence-corrected chi connectivity index (χ3v) is 2.52. The van der Waals surface area contributed by atoms with Gasteiger partial charge in [0.25, 0.3) is 0 Å².